The maximum Gasteiger partial charge on any atom is 0.308 e. The molecule has 2 aromatic rings. The minimum Gasteiger partial charge on any atom is -0.481 e. The molecule has 20 heavy (non-hydrogen) atoms. The van der Waals surface area contributed by atoms with E-state index >= 15 is 0 Å². The van der Waals surface area contributed by atoms with Crippen LogP contribution in [0.15, 0.2) is 22.5 Å². The van der Waals surface area contributed by atoms with Crippen molar-refractivity contribution >= 4 is 38.7 Å². The number of thiophene rings is 1. The standard InChI is InChI=1S/C11H12N2O4S3/c1-7-12-5-9(18-7)6-13-20(16,17)11-3-2-8(19-11)4-10(14)15/h2-3,5,13H,4,6H2,1H3,(H,14,15). The molecular formula is C11H12N2O4S3. The number of sulfonamides is 1. The number of aromatic nitrogens is 1. The van der Waals surface area contributed by atoms with Gasteiger partial charge in [-0.05, 0) is 19.1 Å². The maximum atomic E-state index is 12.0. The highest BCUT2D eigenvalue weighted by atomic mass is 32.2. The zero-order valence-electron chi connectivity index (χ0n) is 10.5. The van der Waals surface area contributed by atoms with Crippen LogP contribution in [0.4, 0.5) is 0 Å². The number of thiazole rings is 1. The Morgan fingerprint density at radius 2 is 2.10 bits per heavy atom. The molecule has 2 N–H and O–H groups in total. The third kappa shape index (κ3) is 3.85. The van der Waals surface area contributed by atoms with E-state index in [2.05, 4.69) is 9.71 Å². The molecule has 2 aromatic heterocycles. The molecular weight excluding hydrogens is 320 g/mol. The maximum absolute atomic E-state index is 12.0. The average molecular weight is 332 g/mol. The Kier molecular flexibility index (Phi) is 4.53. The summed E-state index contributed by atoms with van der Waals surface area (Å²) < 4.78 is 26.7. The molecule has 0 aromatic carbocycles. The second kappa shape index (κ2) is 6.00. The van der Waals surface area contributed by atoms with Crippen molar-refractivity contribution in [1.29, 1.82) is 0 Å². The van der Waals surface area contributed by atoms with E-state index in [1.54, 1.807) is 6.20 Å². The molecule has 0 saturated heterocycles. The molecule has 9 heteroatoms. The number of nitrogens with one attached hydrogen (secondary N) is 1. The van der Waals surface area contributed by atoms with Crippen LogP contribution in [0.3, 0.4) is 0 Å². The summed E-state index contributed by atoms with van der Waals surface area (Å²) >= 11 is 2.39. The van der Waals surface area contributed by atoms with Gasteiger partial charge in [0.25, 0.3) is 0 Å². The van der Waals surface area contributed by atoms with Gasteiger partial charge in [0.2, 0.25) is 10.0 Å². The van der Waals surface area contributed by atoms with Gasteiger partial charge < -0.3 is 5.11 Å². The number of nitrogens with zero attached hydrogens (tertiary/aromatic N) is 1. The number of hydrogen-bond donors (Lipinski definition) is 2. The van der Waals surface area contributed by atoms with Gasteiger partial charge in [0, 0.05) is 22.5 Å². The van der Waals surface area contributed by atoms with Crippen molar-refractivity contribution in [3.63, 3.8) is 0 Å². The van der Waals surface area contributed by atoms with Gasteiger partial charge in [0.15, 0.2) is 0 Å². The zero-order chi connectivity index (χ0) is 14.8. The molecule has 2 heterocycles. The molecule has 0 spiro atoms. The first-order valence-corrected chi connectivity index (χ1v) is 8.70. The minimum atomic E-state index is -3.61. The fraction of sp³-hybridized carbons (Fsp3) is 0.273. The van der Waals surface area contributed by atoms with E-state index in [1.165, 1.54) is 23.5 Å². The SMILES string of the molecule is Cc1ncc(CNS(=O)(=O)c2ccc(CC(=O)O)s2)s1. The van der Waals surface area contributed by atoms with E-state index < -0.39 is 16.0 Å². The lowest BCUT2D eigenvalue weighted by molar-refractivity contribution is -0.136. The number of carboxylic acids is 1. The van der Waals surface area contributed by atoms with Crippen molar-refractivity contribution in [2.24, 2.45) is 0 Å². The van der Waals surface area contributed by atoms with E-state index in [4.69, 9.17) is 5.11 Å². The lowest BCUT2D eigenvalue weighted by atomic mass is 10.3. The Morgan fingerprint density at radius 1 is 1.35 bits per heavy atom. The second-order valence-electron chi connectivity index (χ2n) is 3.96. The molecule has 0 saturated carbocycles. The molecule has 0 radical (unpaired) electrons. The second-order valence-corrected chi connectivity index (χ2v) is 8.44. The fourth-order valence-corrected chi connectivity index (χ4v) is 4.69. The van der Waals surface area contributed by atoms with Gasteiger partial charge in [0.05, 0.1) is 11.4 Å². The van der Waals surface area contributed by atoms with Crippen molar-refractivity contribution in [2.45, 2.75) is 24.1 Å². The summed E-state index contributed by atoms with van der Waals surface area (Å²) in [5, 5.41) is 9.54. The number of aliphatic carboxylic acids is 1. The molecule has 0 fully saturated rings. The van der Waals surface area contributed by atoms with Gasteiger partial charge in [-0.25, -0.2) is 18.1 Å². The Balaban J connectivity index is 2.06. The summed E-state index contributed by atoms with van der Waals surface area (Å²) in [6, 6.07) is 2.94. The number of hydrogen-bond acceptors (Lipinski definition) is 6. The first-order valence-electron chi connectivity index (χ1n) is 5.58. The minimum absolute atomic E-state index is 0.120. The summed E-state index contributed by atoms with van der Waals surface area (Å²) in [7, 11) is -3.61. The smallest absolute Gasteiger partial charge is 0.308 e. The fourth-order valence-electron chi connectivity index (χ4n) is 1.47. The molecule has 0 aliphatic heterocycles. The summed E-state index contributed by atoms with van der Waals surface area (Å²) in [5.74, 6) is -0.983. The monoisotopic (exact) mass is 332 g/mol. The van der Waals surface area contributed by atoms with Crippen LogP contribution < -0.4 is 4.72 Å². The summed E-state index contributed by atoms with van der Waals surface area (Å²) in [5.41, 5.74) is 0. The van der Waals surface area contributed by atoms with E-state index in [9.17, 15) is 13.2 Å². The van der Waals surface area contributed by atoms with Gasteiger partial charge in [-0.15, -0.1) is 22.7 Å². The largest absolute Gasteiger partial charge is 0.481 e. The van der Waals surface area contributed by atoms with Crippen LogP contribution in [-0.4, -0.2) is 24.5 Å². The molecule has 0 aliphatic carbocycles. The molecule has 2 rings (SSSR count). The summed E-state index contributed by atoms with van der Waals surface area (Å²) in [6.07, 6.45) is 1.46. The Labute approximate surface area is 124 Å². The van der Waals surface area contributed by atoms with Crippen LogP contribution in [0.1, 0.15) is 14.8 Å². The Hall–Kier alpha value is -1.29. The lowest BCUT2D eigenvalue weighted by Gasteiger charge is -2.02. The molecule has 6 nitrogen and oxygen atoms in total. The summed E-state index contributed by atoms with van der Waals surface area (Å²) in [6.45, 7) is 2.03. The highest BCUT2D eigenvalue weighted by Crippen LogP contribution is 2.22. The number of aryl methyl sites for hydroxylation is 1. The van der Waals surface area contributed by atoms with Crippen LogP contribution >= 0.6 is 22.7 Å². The van der Waals surface area contributed by atoms with Crippen LogP contribution in [0, 0.1) is 6.92 Å². The van der Waals surface area contributed by atoms with Crippen molar-refractivity contribution in [2.75, 3.05) is 0 Å². The first kappa shape index (κ1) is 15.1. The predicted octanol–water partition coefficient (Wildman–Crippen LogP) is 1.62. The number of carbonyl (C=O) groups is 1. The van der Waals surface area contributed by atoms with Gasteiger partial charge >= 0.3 is 5.97 Å². The van der Waals surface area contributed by atoms with Gasteiger partial charge in [0.1, 0.15) is 4.21 Å². The van der Waals surface area contributed by atoms with E-state index in [1.807, 2.05) is 6.92 Å². The molecule has 0 bridgehead atoms. The van der Waals surface area contributed by atoms with E-state index in [0.717, 1.165) is 21.2 Å². The first-order chi connectivity index (χ1) is 9.37. The molecule has 0 amide bonds. The molecule has 108 valence electrons. The van der Waals surface area contributed by atoms with Crippen LogP contribution in [0.25, 0.3) is 0 Å². The molecule has 0 atom stereocenters. The topological polar surface area (TPSA) is 96.4 Å². The lowest BCUT2D eigenvalue weighted by Crippen LogP contribution is -2.21. The Morgan fingerprint density at radius 3 is 2.70 bits per heavy atom. The van der Waals surface area contributed by atoms with Crippen LogP contribution in [0.2, 0.25) is 0 Å². The zero-order valence-corrected chi connectivity index (χ0v) is 12.9. The quantitative estimate of drug-likeness (QED) is 0.838. The van der Waals surface area contributed by atoms with Gasteiger partial charge in [-0.1, -0.05) is 0 Å². The number of carboxylic acid groups (broad SMARTS) is 1. The predicted molar refractivity (Wildman–Crippen MR) is 76.5 cm³/mol. The molecule has 0 unspecified atom stereocenters. The van der Waals surface area contributed by atoms with Crippen molar-refractivity contribution < 1.29 is 18.3 Å². The van der Waals surface area contributed by atoms with Crippen LogP contribution in [0.5, 0.6) is 0 Å². The van der Waals surface area contributed by atoms with E-state index in [0.29, 0.717) is 4.88 Å². The van der Waals surface area contributed by atoms with Gasteiger partial charge in [-0.3, -0.25) is 4.79 Å². The number of rotatable bonds is 6. The van der Waals surface area contributed by atoms with E-state index in [-0.39, 0.29) is 17.2 Å². The summed E-state index contributed by atoms with van der Waals surface area (Å²) in [4.78, 5) is 16.0. The van der Waals surface area contributed by atoms with Crippen molar-refractivity contribution in [3.8, 4) is 0 Å². The third-order valence-electron chi connectivity index (χ3n) is 2.33. The highest BCUT2D eigenvalue weighted by molar-refractivity contribution is 7.91. The van der Waals surface area contributed by atoms with Crippen molar-refractivity contribution in [3.05, 3.63) is 33.1 Å². The Bertz CT molecular complexity index is 718. The normalized spacial score (nSPS) is 11.7. The third-order valence-corrected chi connectivity index (χ3v) is 6.22. The molecule has 0 aliphatic rings. The van der Waals surface area contributed by atoms with Crippen LogP contribution in [-0.2, 0) is 27.8 Å². The van der Waals surface area contributed by atoms with Crippen molar-refractivity contribution in [1.82, 2.24) is 9.71 Å². The van der Waals surface area contributed by atoms with Gasteiger partial charge in [-0.2, -0.15) is 0 Å². The average Bonchev–Trinajstić information content (AvgIpc) is 2.95. The highest BCUT2D eigenvalue weighted by Gasteiger charge is 2.17.